The van der Waals surface area contributed by atoms with E-state index < -0.39 is 8.60 Å². The molecule has 0 bridgehead atoms. The molecule has 0 radical (unpaired) electrons. The van der Waals surface area contributed by atoms with Crippen molar-refractivity contribution in [3.63, 3.8) is 0 Å². The van der Waals surface area contributed by atoms with Crippen molar-refractivity contribution in [1.29, 1.82) is 0 Å². The SMILES string of the molecule is CCCCC(C)(CC)COP(O)Oc1c(C(C)(C)C)cc(C(C)(C)C)cc1C(C)(C)C. The predicted octanol–water partition coefficient (Wildman–Crippen LogP) is 8.80. The summed E-state index contributed by atoms with van der Waals surface area (Å²) >= 11 is 0. The first-order chi connectivity index (χ1) is 13.9. The summed E-state index contributed by atoms with van der Waals surface area (Å²) in [7, 11) is -2.01. The Morgan fingerprint density at radius 2 is 1.29 bits per heavy atom. The maximum absolute atomic E-state index is 10.8. The van der Waals surface area contributed by atoms with E-state index in [4.69, 9.17) is 9.05 Å². The fraction of sp³-hybridized carbons (Fsp3) is 0.778. The van der Waals surface area contributed by atoms with Crippen LogP contribution in [-0.2, 0) is 20.8 Å². The quantitative estimate of drug-likeness (QED) is 0.380. The molecule has 0 saturated carbocycles. The molecule has 1 N–H and O–H groups in total. The Hall–Kier alpha value is -0.630. The number of unbranched alkanes of at least 4 members (excludes halogenated alkanes) is 1. The largest absolute Gasteiger partial charge is 0.426 e. The monoisotopic (exact) mass is 452 g/mol. The van der Waals surface area contributed by atoms with Crippen LogP contribution in [0.25, 0.3) is 0 Å². The molecule has 0 fully saturated rings. The van der Waals surface area contributed by atoms with E-state index in [-0.39, 0.29) is 21.7 Å². The van der Waals surface area contributed by atoms with Crippen LogP contribution >= 0.6 is 8.60 Å². The molecule has 3 nitrogen and oxygen atoms in total. The van der Waals surface area contributed by atoms with Crippen molar-refractivity contribution in [3.8, 4) is 5.75 Å². The van der Waals surface area contributed by atoms with E-state index in [2.05, 4.69) is 95.2 Å². The smallest absolute Gasteiger partial charge is 0.394 e. The zero-order chi connectivity index (χ0) is 24.3. The summed E-state index contributed by atoms with van der Waals surface area (Å²) in [5.74, 6) is 0.786. The summed E-state index contributed by atoms with van der Waals surface area (Å²) in [6, 6.07) is 4.51. The van der Waals surface area contributed by atoms with Gasteiger partial charge in [0.05, 0.1) is 6.61 Å². The second-order valence-corrected chi connectivity index (χ2v) is 13.4. The van der Waals surface area contributed by atoms with Crippen LogP contribution in [0.15, 0.2) is 12.1 Å². The maximum Gasteiger partial charge on any atom is 0.394 e. The third-order valence-corrected chi connectivity index (χ3v) is 6.94. The Labute approximate surface area is 194 Å². The van der Waals surface area contributed by atoms with Crippen molar-refractivity contribution in [2.24, 2.45) is 5.41 Å². The van der Waals surface area contributed by atoms with Crippen molar-refractivity contribution >= 4 is 8.60 Å². The Morgan fingerprint density at radius 3 is 1.65 bits per heavy atom. The van der Waals surface area contributed by atoms with Gasteiger partial charge in [-0.2, -0.15) is 0 Å². The topological polar surface area (TPSA) is 38.7 Å². The van der Waals surface area contributed by atoms with Gasteiger partial charge in [0.15, 0.2) is 0 Å². The third-order valence-electron chi connectivity index (χ3n) is 6.25. The molecule has 4 heteroatoms. The van der Waals surface area contributed by atoms with Crippen LogP contribution in [-0.4, -0.2) is 11.5 Å². The zero-order valence-corrected chi connectivity index (χ0v) is 23.3. The van der Waals surface area contributed by atoms with E-state index in [1.54, 1.807) is 0 Å². The molecule has 0 saturated heterocycles. The highest BCUT2D eigenvalue weighted by Gasteiger charge is 2.32. The van der Waals surface area contributed by atoms with Gasteiger partial charge in [0.2, 0.25) is 0 Å². The number of benzene rings is 1. The molecule has 0 aliphatic carbocycles. The van der Waals surface area contributed by atoms with Gasteiger partial charge in [-0.1, -0.05) is 108 Å². The molecule has 0 heterocycles. The Bertz CT molecular complexity index is 672. The van der Waals surface area contributed by atoms with Gasteiger partial charge in [-0.3, -0.25) is 0 Å². The first-order valence-corrected chi connectivity index (χ1v) is 13.1. The summed E-state index contributed by atoms with van der Waals surface area (Å²) < 4.78 is 12.2. The van der Waals surface area contributed by atoms with E-state index in [9.17, 15) is 4.89 Å². The molecule has 0 amide bonds. The second kappa shape index (κ2) is 10.5. The van der Waals surface area contributed by atoms with Gasteiger partial charge in [0.25, 0.3) is 0 Å². The van der Waals surface area contributed by atoms with Gasteiger partial charge in [0, 0.05) is 11.1 Å². The van der Waals surface area contributed by atoms with Crippen LogP contribution in [0.2, 0.25) is 0 Å². The maximum atomic E-state index is 10.8. The third kappa shape index (κ3) is 8.34. The Kier molecular flexibility index (Phi) is 9.65. The van der Waals surface area contributed by atoms with Crippen LogP contribution in [0.3, 0.4) is 0 Å². The van der Waals surface area contributed by atoms with E-state index in [0.717, 1.165) is 29.7 Å². The van der Waals surface area contributed by atoms with E-state index in [1.165, 1.54) is 18.4 Å². The van der Waals surface area contributed by atoms with E-state index in [0.29, 0.717) is 6.61 Å². The highest BCUT2D eigenvalue weighted by Crippen LogP contribution is 2.48. The summed E-state index contributed by atoms with van der Waals surface area (Å²) in [6.07, 6.45) is 4.47. The highest BCUT2D eigenvalue weighted by molar-refractivity contribution is 7.41. The summed E-state index contributed by atoms with van der Waals surface area (Å²) in [6.45, 7) is 27.1. The van der Waals surface area contributed by atoms with Gasteiger partial charge in [0.1, 0.15) is 5.75 Å². The lowest BCUT2D eigenvalue weighted by atomic mass is 9.75. The highest BCUT2D eigenvalue weighted by atomic mass is 31.2. The minimum atomic E-state index is -2.01. The predicted molar refractivity (Wildman–Crippen MR) is 136 cm³/mol. The van der Waals surface area contributed by atoms with Gasteiger partial charge >= 0.3 is 8.60 Å². The first-order valence-electron chi connectivity index (χ1n) is 11.9. The van der Waals surface area contributed by atoms with Crippen molar-refractivity contribution in [2.45, 2.75) is 125 Å². The lowest BCUT2D eigenvalue weighted by Crippen LogP contribution is -2.23. The molecule has 0 aliphatic rings. The van der Waals surface area contributed by atoms with Crippen LogP contribution < -0.4 is 4.52 Å². The lowest BCUT2D eigenvalue weighted by Gasteiger charge is -2.34. The molecule has 2 unspecified atom stereocenters. The van der Waals surface area contributed by atoms with Crippen molar-refractivity contribution in [2.75, 3.05) is 6.61 Å². The van der Waals surface area contributed by atoms with Crippen LogP contribution in [0.5, 0.6) is 5.75 Å². The molecule has 1 aromatic rings. The van der Waals surface area contributed by atoms with Crippen molar-refractivity contribution in [1.82, 2.24) is 0 Å². The minimum Gasteiger partial charge on any atom is -0.426 e. The molecule has 2 atom stereocenters. The summed E-state index contributed by atoms with van der Waals surface area (Å²) in [4.78, 5) is 10.8. The minimum absolute atomic E-state index is 0.0290. The number of hydrogen-bond donors (Lipinski definition) is 1. The standard InChI is InChI=1S/C27H49O3P/c1-13-15-16-27(12,14-2)19-29-31(28)30-23-21(25(6,7)8)17-20(24(3,4)5)18-22(23)26(9,10)11/h17-18,28H,13-16,19H2,1-12H3. The van der Waals surface area contributed by atoms with Crippen molar-refractivity contribution < 1.29 is 13.9 Å². The van der Waals surface area contributed by atoms with Gasteiger partial charge < -0.3 is 13.9 Å². The average molecular weight is 453 g/mol. The first kappa shape index (κ1) is 28.4. The molecule has 0 aliphatic heterocycles. The molecule has 1 aromatic carbocycles. The van der Waals surface area contributed by atoms with Crippen LogP contribution in [0.4, 0.5) is 0 Å². The Morgan fingerprint density at radius 1 is 0.806 bits per heavy atom. The molecular weight excluding hydrogens is 403 g/mol. The average Bonchev–Trinajstić information content (AvgIpc) is 2.62. The lowest BCUT2D eigenvalue weighted by molar-refractivity contribution is 0.129. The zero-order valence-electron chi connectivity index (χ0n) is 22.4. The number of rotatable bonds is 9. The molecular formula is C27H49O3P. The molecule has 0 spiro atoms. The fourth-order valence-corrected chi connectivity index (χ4v) is 4.37. The van der Waals surface area contributed by atoms with Crippen LogP contribution in [0.1, 0.15) is 125 Å². The van der Waals surface area contributed by atoms with Gasteiger partial charge in [-0.15, -0.1) is 0 Å². The van der Waals surface area contributed by atoms with E-state index in [1.807, 2.05) is 0 Å². The summed E-state index contributed by atoms with van der Waals surface area (Å²) in [5.41, 5.74) is 3.40. The van der Waals surface area contributed by atoms with Crippen molar-refractivity contribution in [3.05, 3.63) is 28.8 Å². The molecule has 180 valence electrons. The van der Waals surface area contributed by atoms with Gasteiger partial charge in [-0.25, -0.2) is 0 Å². The normalized spacial score (nSPS) is 16.2. The molecule has 0 aromatic heterocycles. The summed E-state index contributed by atoms with van der Waals surface area (Å²) in [5, 5.41) is 0. The molecule has 31 heavy (non-hydrogen) atoms. The van der Waals surface area contributed by atoms with E-state index >= 15 is 0 Å². The van der Waals surface area contributed by atoms with Crippen LogP contribution in [0, 0.1) is 5.41 Å². The fourth-order valence-electron chi connectivity index (χ4n) is 3.54. The Balaban J connectivity index is 3.34. The van der Waals surface area contributed by atoms with Gasteiger partial charge in [-0.05, 0) is 40.1 Å². The molecule has 1 rings (SSSR count). The number of hydrogen-bond acceptors (Lipinski definition) is 3. The second-order valence-electron chi connectivity index (χ2n) is 12.5.